The van der Waals surface area contributed by atoms with Gasteiger partial charge in [-0.2, -0.15) is 0 Å². The van der Waals surface area contributed by atoms with Crippen molar-refractivity contribution in [2.24, 2.45) is 17.6 Å². The first kappa shape index (κ1) is 20.0. The summed E-state index contributed by atoms with van der Waals surface area (Å²) in [4.78, 5) is 12.6. The van der Waals surface area contributed by atoms with E-state index in [1.54, 1.807) is 0 Å². The van der Waals surface area contributed by atoms with E-state index in [0.717, 1.165) is 12.0 Å². The van der Waals surface area contributed by atoms with Gasteiger partial charge in [0.25, 0.3) is 0 Å². The first-order chi connectivity index (χ1) is 10.6. The standard InChI is InChI=1S/C19H30N2O.ClH/c1-3-4-13-17(15-11-8-12-15)21-19(22)14(2)18(20)16-9-6-5-7-10-16;/h5-7,9-10,14-15,17-18H,3-4,8,11-13,20H2,1-2H3,(H,21,22);1H. The Kier molecular flexibility index (Phi) is 8.64. The maximum Gasteiger partial charge on any atom is 0.224 e. The van der Waals surface area contributed by atoms with Crippen LogP contribution in [-0.4, -0.2) is 11.9 Å². The number of unbranched alkanes of at least 4 members (excludes halogenated alkanes) is 1. The third-order valence-corrected chi connectivity index (χ3v) is 5.05. The fourth-order valence-electron chi connectivity index (χ4n) is 3.13. The van der Waals surface area contributed by atoms with Crippen molar-refractivity contribution in [3.05, 3.63) is 35.9 Å². The molecule has 1 aliphatic rings. The molecule has 0 saturated heterocycles. The highest BCUT2D eigenvalue weighted by Crippen LogP contribution is 2.32. The molecule has 1 saturated carbocycles. The SMILES string of the molecule is CCCCC(NC(=O)C(C)C(N)c1ccccc1)C1CCC1.Cl. The Balaban J connectivity index is 0.00000264. The molecule has 130 valence electrons. The number of rotatable bonds is 8. The number of nitrogens with two attached hydrogens (primary N) is 1. The van der Waals surface area contributed by atoms with Crippen molar-refractivity contribution in [2.45, 2.75) is 64.5 Å². The fraction of sp³-hybridized carbons (Fsp3) is 0.632. The molecule has 1 fully saturated rings. The lowest BCUT2D eigenvalue weighted by atomic mass is 9.77. The van der Waals surface area contributed by atoms with Gasteiger partial charge in [-0.15, -0.1) is 12.4 Å². The van der Waals surface area contributed by atoms with Gasteiger partial charge in [-0.25, -0.2) is 0 Å². The van der Waals surface area contributed by atoms with Crippen LogP contribution in [0, 0.1) is 11.8 Å². The third kappa shape index (κ3) is 5.50. The lowest BCUT2D eigenvalue weighted by Gasteiger charge is -2.35. The molecule has 1 aromatic rings. The molecule has 2 rings (SSSR count). The minimum absolute atomic E-state index is 0. The average Bonchev–Trinajstić information content (AvgIpc) is 2.50. The molecule has 1 aliphatic carbocycles. The van der Waals surface area contributed by atoms with E-state index < -0.39 is 0 Å². The van der Waals surface area contributed by atoms with E-state index in [-0.39, 0.29) is 30.3 Å². The summed E-state index contributed by atoms with van der Waals surface area (Å²) in [6.45, 7) is 4.14. The molecular weight excluding hydrogens is 308 g/mol. The third-order valence-electron chi connectivity index (χ3n) is 5.05. The highest BCUT2D eigenvalue weighted by atomic mass is 35.5. The second kappa shape index (κ2) is 9.94. The quantitative estimate of drug-likeness (QED) is 0.745. The molecule has 3 unspecified atom stereocenters. The van der Waals surface area contributed by atoms with Crippen molar-refractivity contribution < 1.29 is 4.79 Å². The van der Waals surface area contributed by atoms with Crippen LogP contribution < -0.4 is 11.1 Å². The number of carbonyl (C=O) groups is 1. The molecule has 23 heavy (non-hydrogen) atoms. The van der Waals surface area contributed by atoms with Crippen LogP contribution in [-0.2, 0) is 4.79 Å². The topological polar surface area (TPSA) is 55.1 Å². The van der Waals surface area contributed by atoms with E-state index in [1.165, 1.54) is 32.1 Å². The molecule has 1 amide bonds. The predicted octanol–water partition coefficient (Wildman–Crippen LogP) is 4.22. The monoisotopic (exact) mass is 338 g/mol. The molecule has 0 aliphatic heterocycles. The minimum Gasteiger partial charge on any atom is -0.353 e. The Morgan fingerprint density at radius 2 is 1.96 bits per heavy atom. The van der Waals surface area contributed by atoms with Gasteiger partial charge in [0.2, 0.25) is 5.91 Å². The summed E-state index contributed by atoms with van der Waals surface area (Å²) in [5, 5.41) is 3.29. The number of halogens is 1. The highest BCUT2D eigenvalue weighted by molar-refractivity contribution is 5.85. The van der Waals surface area contributed by atoms with Crippen molar-refractivity contribution in [3.63, 3.8) is 0 Å². The van der Waals surface area contributed by atoms with E-state index in [2.05, 4.69) is 12.2 Å². The molecule has 0 spiro atoms. The Bertz CT molecular complexity index is 462. The normalized spacial score (nSPS) is 18.2. The highest BCUT2D eigenvalue weighted by Gasteiger charge is 2.30. The van der Waals surface area contributed by atoms with Crippen molar-refractivity contribution in [1.29, 1.82) is 0 Å². The molecule has 1 aromatic carbocycles. The maximum atomic E-state index is 12.6. The van der Waals surface area contributed by atoms with Crippen LogP contribution in [0.25, 0.3) is 0 Å². The van der Waals surface area contributed by atoms with Gasteiger partial charge in [0, 0.05) is 12.1 Å². The van der Waals surface area contributed by atoms with E-state index in [0.29, 0.717) is 12.0 Å². The first-order valence-electron chi connectivity index (χ1n) is 8.74. The Morgan fingerprint density at radius 1 is 1.30 bits per heavy atom. The number of carbonyl (C=O) groups excluding carboxylic acids is 1. The first-order valence-corrected chi connectivity index (χ1v) is 8.74. The van der Waals surface area contributed by atoms with Crippen LogP contribution in [0.3, 0.4) is 0 Å². The van der Waals surface area contributed by atoms with Gasteiger partial charge < -0.3 is 11.1 Å². The van der Waals surface area contributed by atoms with Crippen LogP contribution in [0.5, 0.6) is 0 Å². The molecule has 0 bridgehead atoms. The van der Waals surface area contributed by atoms with Crippen molar-refractivity contribution in [1.82, 2.24) is 5.32 Å². The minimum atomic E-state index is -0.241. The summed E-state index contributed by atoms with van der Waals surface area (Å²) in [6.07, 6.45) is 7.28. The summed E-state index contributed by atoms with van der Waals surface area (Å²) < 4.78 is 0. The van der Waals surface area contributed by atoms with Crippen LogP contribution in [0.1, 0.15) is 64.0 Å². The zero-order valence-corrected chi connectivity index (χ0v) is 15.1. The molecular formula is C19H31ClN2O. The molecule has 4 heteroatoms. The number of amides is 1. The lowest BCUT2D eigenvalue weighted by molar-refractivity contribution is -0.126. The number of hydrogen-bond acceptors (Lipinski definition) is 2. The van der Waals surface area contributed by atoms with Gasteiger partial charge in [-0.05, 0) is 30.7 Å². The smallest absolute Gasteiger partial charge is 0.224 e. The number of benzene rings is 1. The molecule has 3 N–H and O–H groups in total. The molecule has 0 radical (unpaired) electrons. The summed E-state index contributed by atoms with van der Waals surface area (Å²) >= 11 is 0. The summed E-state index contributed by atoms with van der Waals surface area (Å²) in [6, 6.07) is 10.00. The molecule has 3 nitrogen and oxygen atoms in total. The van der Waals surface area contributed by atoms with E-state index in [9.17, 15) is 4.79 Å². The van der Waals surface area contributed by atoms with Gasteiger partial charge in [0.1, 0.15) is 0 Å². The van der Waals surface area contributed by atoms with Gasteiger partial charge >= 0.3 is 0 Å². The Morgan fingerprint density at radius 3 is 2.48 bits per heavy atom. The predicted molar refractivity (Wildman–Crippen MR) is 98.6 cm³/mol. The van der Waals surface area contributed by atoms with Crippen LogP contribution in [0.4, 0.5) is 0 Å². The Hall–Kier alpha value is -1.06. The summed E-state index contributed by atoms with van der Waals surface area (Å²) in [5.74, 6) is 0.576. The summed E-state index contributed by atoms with van der Waals surface area (Å²) in [7, 11) is 0. The zero-order chi connectivity index (χ0) is 15.9. The largest absolute Gasteiger partial charge is 0.353 e. The fourth-order valence-corrected chi connectivity index (χ4v) is 3.13. The van der Waals surface area contributed by atoms with Gasteiger partial charge in [-0.3, -0.25) is 4.79 Å². The van der Waals surface area contributed by atoms with E-state index >= 15 is 0 Å². The summed E-state index contributed by atoms with van der Waals surface area (Å²) in [5.41, 5.74) is 7.30. The van der Waals surface area contributed by atoms with Crippen molar-refractivity contribution in [2.75, 3.05) is 0 Å². The van der Waals surface area contributed by atoms with Crippen LogP contribution in [0.2, 0.25) is 0 Å². The van der Waals surface area contributed by atoms with Crippen LogP contribution >= 0.6 is 12.4 Å². The van der Waals surface area contributed by atoms with Crippen molar-refractivity contribution in [3.8, 4) is 0 Å². The lowest BCUT2D eigenvalue weighted by Crippen LogP contribution is -2.46. The maximum absolute atomic E-state index is 12.6. The molecule has 3 atom stereocenters. The number of hydrogen-bond donors (Lipinski definition) is 2. The van der Waals surface area contributed by atoms with E-state index in [1.807, 2.05) is 37.3 Å². The number of nitrogens with one attached hydrogen (secondary N) is 1. The molecule has 0 heterocycles. The molecule has 0 aromatic heterocycles. The second-order valence-electron chi connectivity index (χ2n) is 6.67. The zero-order valence-electron chi connectivity index (χ0n) is 14.3. The Labute approximate surface area is 146 Å². The van der Waals surface area contributed by atoms with Gasteiger partial charge in [0.05, 0.1) is 5.92 Å². The second-order valence-corrected chi connectivity index (χ2v) is 6.67. The van der Waals surface area contributed by atoms with Crippen molar-refractivity contribution >= 4 is 18.3 Å². The van der Waals surface area contributed by atoms with Gasteiger partial charge in [0.15, 0.2) is 0 Å². The van der Waals surface area contributed by atoms with E-state index in [4.69, 9.17) is 5.73 Å². The van der Waals surface area contributed by atoms with Gasteiger partial charge in [-0.1, -0.05) is 63.4 Å². The average molecular weight is 339 g/mol. The van der Waals surface area contributed by atoms with Crippen LogP contribution in [0.15, 0.2) is 30.3 Å².